The van der Waals surface area contributed by atoms with Gasteiger partial charge in [-0.25, -0.2) is 23.1 Å². The zero-order valence-electron chi connectivity index (χ0n) is 19.5. The van der Waals surface area contributed by atoms with Crippen LogP contribution in [0.3, 0.4) is 0 Å². The Morgan fingerprint density at radius 1 is 1.03 bits per heavy atom. The summed E-state index contributed by atoms with van der Waals surface area (Å²) in [6.07, 6.45) is 3.68. The number of anilines is 1. The van der Waals surface area contributed by atoms with Crippen LogP contribution in [0.2, 0.25) is 10.0 Å². The Morgan fingerprint density at radius 2 is 1.81 bits per heavy atom. The summed E-state index contributed by atoms with van der Waals surface area (Å²) in [7, 11) is -2.24. The Labute approximate surface area is 227 Å². The van der Waals surface area contributed by atoms with E-state index in [1.807, 2.05) is 52.4 Å². The summed E-state index contributed by atoms with van der Waals surface area (Å²) in [4.78, 5) is 9.98. The third kappa shape index (κ3) is 5.29. The molecule has 0 unspecified atom stereocenters. The number of nitrogens with one attached hydrogen (secondary N) is 2. The highest BCUT2D eigenvalue weighted by atomic mass is 35.5. The van der Waals surface area contributed by atoms with E-state index in [0.29, 0.717) is 12.4 Å². The molecule has 2 aromatic carbocycles. The minimum atomic E-state index is -3.87. The highest BCUT2D eigenvalue weighted by Crippen LogP contribution is 2.36. The van der Waals surface area contributed by atoms with Crippen LogP contribution in [0.5, 0.6) is 5.75 Å². The summed E-state index contributed by atoms with van der Waals surface area (Å²) in [6, 6.07) is 16.2. The second-order valence-corrected chi connectivity index (χ2v) is 11.3. The largest absolute Gasteiger partial charge is 0.497 e. The number of pyridine rings is 1. The molecule has 0 saturated carbocycles. The van der Waals surface area contributed by atoms with E-state index >= 15 is 0 Å². The summed E-state index contributed by atoms with van der Waals surface area (Å²) < 4.78 is 35.3. The van der Waals surface area contributed by atoms with E-state index in [4.69, 9.17) is 32.9 Å². The van der Waals surface area contributed by atoms with Gasteiger partial charge in [0.2, 0.25) is 10.0 Å². The number of hydrogen-bond donors (Lipinski definition) is 2. The van der Waals surface area contributed by atoms with Crippen LogP contribution in [-0.4, -0.2) is 43.0 Å². The molecule has 2 N–H and O–H groups in total. The molecule has 0 saturated heterocycles. The predicted molar refractivity (Wildman–Crippen MR) is 148 cm³/mol. The Hall–Kier alpha value is -3.15. The molecule has 0 amide bonds. The van der Waals surface area contributed by atoms with E-state index in [0.717, 1.165) is 33.2 Å². The molecule has 0 spiro atoms. The second kappa shape index (κ2) is 10.7. The molecule has 0 radical (unpaired) electrons. The van der Waals surface area contributed by atoms with Crippen LogP contribution in [0.1, 0.15) is 0 Å². The summed E-state index contributed by atoms with van der Waals surface area (Å²) >= 11 is 13.7. The summed E-state index contributed by atoms with van der Waals surface area (Å²) in [6.45, 7) is 0.396. The van der Waals surface area contributed by atoms with Crippen molar-refractivity contribution in [2.24, 2.45) is 0 Å². The van der Waals surface area contributed by atoms with Crippen LogP contribution in [0.15, 0.2) is 77.3 Å². The number of rotatable bonds is 9. The zero-order valence-corrected chi connectivity index (χ0v) is 22.6. The minimum absolute atomic E-state index is 0.0646. The highest BCUT2D eigenvalue weighted by Gasteiger charge is 2.21. The Balaban J connectivity index is 1.36. The van der Waals surface area contributed by atoms with E-state index in [1.165, 1.54) is 12.1 Å². The fourth-order valence-corrected chi connectivity index (χ4v) is 6.78. The average Bonchev–Trinajstić information content (AvgIpc) is 3.48. The van der Waals surface area contributed by atoms with Crippen LogP contribution in [0.25, 0.3) is 27.5 Å². The van der Waals surface area contributed by atoms with Gasteiger partial charge in [-0.15, -0.1) is 11.3 Å². The predicted octanol–water partition coefficient (Wildman–Crippen LogP) is 5.83. The molecule has 37 heavy (non-hydrogen) atoms. The Bertz CT molecular complexity index is 1660. The van der Waals surface area contributed by atoms with Crippen molar-refractivity contribution in [2.75, 3.05) is 25.5 Å². The topological polar surface area (TPSA) is 97.6 Å². The van der Waals surface area contributed by atoms with E-state index in [-0.39, 0.29) is 21.5 Å². The molecule has 5 rings (SSSR count). The van der Waals surface area contributed by atoms with Crippen molar-refractivity contribution in [1.29, 1.82) is 0 Å². The van der Waals surface area contributed by atoms with Gasteiger partial charge in [0.15, 0.2) is 4.96 Å². The maximum Gasteiger partial charge on any atom is 0.243 e. The van der Waals surface area contributed by atoms with Gasteiger partial charge >= 0.3 is 0 Å². The number of benzene rings is 2. The number of sulfonamides is 1. The molecule has 0 fully saturated rings. The number of hydrogen-bond acceptors (Lipinski definition) is 7. The van der Waals surface area contributed by atoms with Gasteiger partial charge in [0.1, 0.15) is 16.5 Å². The van der Waals surface area contributed by atoms with Gasteiger partial charge in [-0.3, -0.25) is 4.40 Å². The van der Waals surface area contributed by atoms with Crippen molar-refractivity contribution in [1.82, 2.24) is 19.1 Å². The molecule has 0 atom stereocenters. The van der Waals surface area contributed by atoms with Gasteiger partial charge in [-0.1, -0.05) is 41.4 Å². The van der Waals surface area contributed by atoms with Crippen LogP contribution in [0.4, 0.5) is 5.82 Å². The molecule has 8 nitrogen and oxygen atoms in total. The normalized spacial score (nSPS) is 11.6. The molecular formula is C25H21Cl2N5O3S2. The van der Waals surface area contributed by atoms with E-state index in [9.17, 15) is 8.42 Å². The van der Waals surface area contributed by atoms with Crippen LogP contribution < -0.4 is 14.8 Å². The van der Waals surface area contributed by atoms with Gasteiger partial charge in [0, 0.05) is 42.0 Å². The molecule has 190 valence electrons. The SMILES string of the molecule is COc1cccc(-c2nc3sccn3c2-c2ccnc(NCCNS(=O)(=O)c3c(Cl)cccc3Cl)c2)c1. The maximum atomic E-state index is 12.7. The number of methoxy groups -OCH3 is 1. The Morgan fingerprint density at radius 3 is 2.59 bits per heavy atom. The third-order valence-electron chi connectivity index (χ3n) is 5.55. The van der Waals surface area contributed by atoms with E-state index in [1.54, 1.807) is 30.7 Å². The van der Waals surface area contributed by atoms with Gasteiger partial charge in [-0.05, 0) is 36.4 Å². The number of nitrogens with zero attached hydrogens (tertiary/aromatic N) is 3. The molecule has 3 heterocycles. The van der Waals surface area contributed by atoms with Gasteiger partial charge in [0.05, 0.1) is 28.5 Å². The lowest BCUT2D eigenvalue weighted by Gasteiger charge is -2.11. The maximum absolute atomic E-state index is 12.7. The smallest absolute Gasteiger partial charge is 0.243 e. The molecule has 0 aliphatic heterocycles. The quantitative estimate of drug-likeness (QED) is 0.215. The lowest BCUT2D eigenvalue weighted by molar-refractivity contribution is 0.415. The standard InChI is InChI=1S/C25H21Cl2N5O3S2/c1-35-18-5-2-4-16(14-18)22-23(32-12-13-36-25(32)31-22)17-8-9-28-21(15-17)29-10-11-30-37(33,34)24-19(26)6-3-7-20(24)27/h2-9,12-15,30H,10-11H2,1H3,(H,28,29). The molecule has 0 aliphatic rings. The van der Waals surface area contributed by atoms with Crippen molar-refractivity contribution in [3.63, 3.8) is 0 Å². The first kappa shape index (κ1) is 25.5. The first-order valence-corrected chi connectivity index (χ1v) is 14.2. The number of thiazole rings is 1. The molecule has 12 heteroatoms. The van der Waals surface area contributed by atoms with Crippen LogP contribution in [-0.2, 0) is 10.0 Å². The monoisotopic (exact) mass is 573 g/mol. The van der Waals surface area contributed by atoms with Crippen molar-refractivity contribution in [3.8, 4) is 28.3 Å². The van der Waals surface area contributed by atoms with Crippen molar-refractivity contribution >= 4 is 55.3 Å². The first-order valence-electron chi connectivity index (χ1n) is 11.1. The summed E-state index contributed by atoms with van der Waals surface area (Å²) in [5.74, 6) is 1.34. The van der Waals surface area contributed by atoms with Crippen molar-refractivity contribution < 1.29 is 13.2 Å². The third-order valence-corrected chi connectivity index (χ3v) is 8.72. The van der Waals surface area contributed by atoms with Gasteiger partial charge < -0.3 is 10.1 Å². The molecule has 0 aliphatic carbocycles. The molecule has 3 aromatic heterocycles. The fraction of sp³-hybridized carbons (Fsp3) is 0.120. The fourth-order valence-electron chi connectivity index (χ4n) is 3.90. The lowest BCUT2D eigenvalue weighted by atomic mass is 10.1. The summed E-state index contributed by atoms with van der Waals surface area (Å²) in [5.41, 5.74) is 3.59. The van der Waals surface area contributed by atoms with Gasteiger partial charge in [0.25, 0.3) is 0 Å². The second-order valence-electron chi connectivity index (χ2n) is 7.90. The van der Waals surface area contributed by atoms with Crippen molar-refractivity contribution in [2.45, 2.75) is 4.90 Å². The van der Waals surface area contributed by atoms with Crippen LogP contribution >= 0.6 is 34.5 Å². The number of imidazole rings is 1. The van der Waals surface area contributed by atoms with Gasteiger partial charge in [-0.2, -0.15) is 0 Å². The molecular weight excluding hydrogens is 553 g/mol. The van der Waals surface area contributed by atoms with E-state index in [2.05, 4.69) is 15.0 Å². The first-order chi connectivity index (χ1) is 17.9. The zero-order chi connectivity index (χ0) is 26.0. The van der Waals surface area contributed by atoms with E-state index < -0.39 is 10.0 Å². The number of aromatic nitrogens is 3. The van der Waals surface area contributed by atoms with Crippen molar-refractivity contribution in [3.05, 3.63) is 82.4 Å². The number of fused-ring (bicyclic) bond motifs is 1. The van der Waals surface area contributed by atoms with Crippen LogP contribution in [0, 0.1) is 0 Å². The minimum Gasteiger partial charge on any atom is -0.497 e. The Kier molecular flexibility index (Phi) is 7.36. The number of halogens is 2. The summed E-state index contributed by atoms with van der Waals surface area (Å²) in [5, 5.41) is 5.28. The highest BCUT2D eigenvalue weighted by molar-refractivity contribution is 7.89. The molecule has 0 bridgehead atoms. The average molecular weight is 575 g/mol. The lowest BCUT2D eigenvalue weighted by Crippen LogP contribution is -2.29. The molecule has 5 aromatic rings. The number of ether oxygens (including phenoxy) is 1.